The lowest BCUT2D eigenvalue weighted by molar-refractivity contribution is -0.113. The molecule has 0 spiro atoms. The molecular formula is C18H14ClF2N3O2. The number of amides is 3. The zero-order valence-electron chi connectivity index (χ0n) is 13.6. The number of para-hydroxylation sites is 1. The van der Waals surface area contributed by atoms with Gasteiger partial charge in [0, 0.05) is 17.3 Å². The van der Waals surface area contributed by atoms with E-state index in [4.69, 9.17) is 11.6 Å². The van der Waals surface area contributed by atoms with E-state index in [1.54, 1.807) is 24.3 Å². The van der Waals surface area contributed by atoms with Crippen molar-refractivity contribution in [2.45, 2.75) is 13.0 Å². The van der Waals surface area contributed by atoms with Gasteiger partial charge in [-0.05, 0) is 25.1 Å². The van der Waals surface area contributed by atoms with Crippen LogP contribution in [0.15, 0.2) is 53.7 Å². The number of hydrogen-bond donors (Lipinski definition) is 3. The number of halogens is 3. The number of nitrogens with one attached hydrogen (secondary N) is 3. The molecule has 0 aromatic heterocycles. The first-order valence-electron chi connectivity index (χ1n) is 7.66. The van der Waals surface area contributed by atoms with Crippen molar-refractivity contribution in [1.29, 1.82) is 0 Å². The fourth-order valence-electron chi connectivity index (χ4n) is 2.72. The third-order valence-corrected chi connectivity index (χ3v) is 4.24. The van der Waals surface area contributed by atoms with Crippen molar-refractivity contribution in [3.05, 3.63) is 76.0 Å². The van der Waals surface area contributed by atoms with Crippen LogP contribution in [0.2, 0.25) is 5.02 Å². The number of allylic oxidation sites excluding steroid dienone is 1. The topological polar surface area (TPSA) is 70.2 Å². The maximum atomic E-state index is 14.2. The fraction of sp³-hybridized carbons (Fsp3) is 0.111. The molecule has 1 heterocycles. The lowest BCUT2D eigenvalue weighted by Gasteiger charge is -2.29. The van der Waals surface area contributed by atoms with E-state index in [-0.39, 0.29) is 16.8 Å². The van der Waals surface area contributed by atoms with Gasteiger partial charge < -0.3 is 16.0 Å². The van der Waals surface area contributed by atoms with Gasteiger partial charge in [0.2, 0.25) is 0 Å². The lowest BCUT2D eigenvalue weighted by atomic mass is 9.94. The average Bonchev–Trinajstić information content (AvgIpc) is 2.56. The molecule has 2 aromatic carbocycles. The predicted octanol–water partition coefficient (Wildman–Crippen LogP) is 3.88. The van der Waals surface area contributed by atoms with E-state index in [1.165, 1.54) is 13.0 Å². The van der Waals surface area contributed by atoms with Crippen LogP contribution in [0.1, 0.15) is 18.5 Å². The summed E-state index contributed by atoms with van der Waals surface area (Å²) in [6.07, 6.45) is 0. The Kier molecular flexibility index (Phi) is 4.90. The van der Waals surface area contributed by atoms with Crippen molar-refractivity contribution >= 4 is 29.2 Å². The number of urea groups is 1. The summed E-state index contributed by atoms with van der Waals surface area (Å²) in [7, 11) is 0. The molecule has 3 rings (SSSR count). The van der Waals surface area contributed by atoms with E-state index in [1.807, 2.05) is 0 Å². The van der Waals surface area contributed by atoms with Crippen molar-refractivity contribution in [3.63, 3.8) is 0 Å². The second-order valence-corrected chi connectivity index (χ2v) is 6.08. The minimum Gasteiger partial charge on any atom is -0.327 e. The van der Waals surface area contributed by atoms with Crippen LogP contribution in [0.5, 0.6) is 0 Å². The van der Waals surface area contributed by atoms with Gasteiger partial charge in [-0.3, -0.25) is 4.79 Å². The largest absolute Gasteiger partial charge is 0.327 e. The van der Waals surface area contributed by atoms with Crippen molar-refractivity contribution in [2.24, 2.45) is 0 Å². The zero-order valence-corrected chi connectivity index (χ0v) is 14.3. The molecule has 0 aliphatic carbocycles. The van der Waals surface area contributed by atoms with Crippen molar-refractivity contribution in [1.82, 2.24) is 10.6 Å². The van der Waals surface area contributed by atoms with Crippen LogP contribution < -0.4 is 16.0 Å². The normalized spacial score (nSPS) is 16.8. The van der Waals surface area contributed by atoms with E-state index in [9.17, 15) is 18.4 Å². The summed E-state index contributed by atoms with van der Waals surface area (Å²) in [5.74, 6) is -2.20. The Morgan fingerprint density at radius 1 is 1.19 bits per heavy atom. The quantitative estimate of drug-likeness (QED) is 0.759. The third kappa shape index (κ3) is 3.52. The van der Waals surface area contributed by atoms with Gasteiger partial charge in [-0.25, -0.2) is 13.6 Å². The van der Waals surface area contributed by atoms with Gasteiger partial charge in [0.05, 0.1) is 22.3 Å². The number of carbonyl (C=O) groups excluding carboxylic acids is 2. The third-order valence-electron chi connectivity index (χ3n) is 3.91. The van der Waals surface area contributed by atoms with E-state index in [0.717, 1.165) is 6.07 Å². The summed E-state index contributed by atoms with van der Waals surface area (Å²) >= 11 is 6.05. The molecule has 1 aliphatic heterocycles. The summed E-state index contributed by atoms with van der Waals surface area (Å²) in [4.78, 5) is 24.6. The van der Waals surface area contributed by atoms with Gasteiger partial charge in [0.1, 0.15) is 11.6 Å². The molecule has 3 N–H and O–H groups in total. The summed E-state index contributed by atoms with van der Waals surface area (Å²) in [5.41, 5.74) is 0.696. The number of hydrogen-bond acceptors (Lipinski definition) is 2. The molecule has 2 aromatic rings. The van der Waals surface area contributed by atoms with Crippen LogP contribution in [-0.2, 0) is 4.79 Å². The highest BCUT2D eigenvalue weighted by Gasteiger charge is 2.33. The molecule has 0 fully saturated rings. The Morgan fingerprint density at radius 3 is 2.62 bits per heavy atom. The summed E-state index contributed by atoms with van der Waals surface area (Å²) in [6.45, 7) is 1.52. The predicted molar refractivity (Wildman–Crippen MR) is 93.5 cm³/mol. The number of carbonyl (C=O) groups is 2. The van der Waals surface area contributed by atoms with E-state index in [2.05, 4.69) is 16.0 Å². The number of benzene rings is 2. The molecule has 0 unspecified atom stereocenters. The smallest absolute Gasteiger partial charge is 0.319 e. The number of rotatable bonds is 3. The van der Waals surface area contributed by atoms with Gasteiger partial charge in [0.25, 0.3) is 5.91 Å². The minimum absolute atomic E-state index is 0.0232. The summed E-state index contributed by atoms with van der Waals surface area (Å²) in [6, 6.07) is 7.90. The van der Waals surface area contributed by atoms with E-state index < -0.39 is 29.6 Å². The van der Waals surface area contributed by atoms with Crippen LogP contribution in [0.4, 0.5) is 19.3 Å². The van der Waals surface area contributed by atoms with E-state index >= 15 is 0 Å². The molecule has 0 saturated heterocycles. The average molecular weight is 378 g/mol. The van der Waals surface area contributed by atoms with Crippen LogP contribution in [-0.4, -0.2) is 11.9 Å². The molecule has 0 saturated carbocycles. The van der Waals surface area contributed by atoms with Gasteiger partial charge in [-0.1, -0.05) is 29.8 Å². The molecule has 5 nitrogen and oxygen atoms in total. The Morgan fingerprint density at radius 2 is 1.92 bits per heavy atom. The van der Waals surface area contributed by atoms with Crippen molar-refractivity contribution < 1.29 is 18.4 Å². The summed E-state index contributed by atoms with van der Waals surface area (Å²) < 4.78 is 27.4. The molecule has 8 heteroatoms. The van der Waals surface area contributed by atoms with Crippen molar-refractivity contribution in [2.75, 3.05) is 5.32 Å². The second-order valence-electron chi connectivity index (χ2n) is 5.67. The second kappa shape index (κ2) is 7.13. The highest BCUT2D eigenvalue weighted by atomic mass is 35.5. The Bertz CT molecular complexity index is 930. The van der Waals surface area contributed by atoms with Crippen LogP contribution in [0.3, 0.4) is 0 Å². The van der Waals surface area contributed by atoms with Gasteiger partial charge in [-0.2, -0.15) is 0 Å². The minimum atomic E-state index is -1.08. The first kappa shape index (κ1) is 17.9. The Hall–Kier alpha value is -2.93. The van der Waals surface area contributed by atoms with Gasteiger partial charge >= 0.3 is 6.03 Å². The molecule has 0 radical (unpaired) electrons. The molecule has 26 heavy (non-hydrogen) atoms. The lowest BCUT2D eigenvalue weighted by Crippen LogP contribution is -2.46. The maximum Gasteiger partial charge on any atom is 0.319 e. The van der Waals surface area contributed by atoms with Crippen LogP contribution in [0.25, 0.3) is 0 Å². The Labute approximate surface area is 153 Å². The highest BCUT2D eigenvalue weighted by molar-refractivity contribution is 6.33. The number of anilines is 1. The summed E-state index contributed by atoms with van der Waals surface area (Å²) in [5, 5.41) is 7.94. The van der Waals surface area contributed by atoms with Gasteiger partial charge in [0.15, 0.2) is 0 Å². The zero-order chi connectivity index (χ0) is 18.8. The fourth-order valence-corrected chi connectivity index (χ4v) is 2.90. The molecule has 0 bridgehead atoms. The standard InChI is InChI=1S/C18H14ClF2N3O2/c1-9-15(17(25)23-14-5-3-2-4-12(14)19)16(24-18(26)22-9)11-7-6-10(20)8-13(11)21/h2-8,16H,1H3,(H,23,25)(H2,22,24,26)/t16-/m1/s1. The van der Waals surface area contributed by atoms with E-state index in [0.29, 0.717) is 16.8 Å². The first-order valence-corrected chi connectivity index (χ1v) is 8.03. The molecular weight excluding hydrogens is 364 g/mol. The van der Waals surface area contributed by atoms with Crippen molar-refractivity contribution in [3.8, 4) is 0 Å². The van der Waals surface area contributed by atoms with Gasteiger partial charge in [-0.15, -0.1) is 0 Å². The Balaban J connectivity index is 2.00. The molecule has 1 aliphatic rings. The molecule has 134 valence electrons. The first-order chi connectivity index (χ1) is 12.4. The van der Waals surface area contributed by atoms with Crippen LogP contribution >= 0.6 is 11.6 Å². The highest BCUT2D eigenvalue weighted by Crippen LogP contribution is 2.30. The molecule has 1 atom stereocenters. The van der Waals surface area contributed by atoms with Crippen LogP contribution in [0, 0.1) is 11.6 Å². The monoisotopic (exact) mass is 377 g/mol. The molecule has 3 amide bonds. The maximum absolute atomic E-state index is 14.2. The SMILES string of the molecule is CC1=C(C(=O)Nc2ccccc2Cl)[C@@H](c2ccc(F)cc2F)NC(=O)N1.